The topological polar surface area (TPSA) is 84.3 Å². The van der Waals surface area contributed by atoms with Gasteiger partial charge >= 0.3 is 0 Å². The summed E-state index contributed by atoms with van der Waals surface area (Å²) >= 11 is 6.15. The van der Waals surface area contributed by atoms with E-state index < -0.39 is 10.0 Å². The van der Waals surface area contributed by atoms with Crippen LogP contribution in [0.2, 0.25) is 5.02 Å². The van der Waals surface area contributed by atoms with Gasteiger partial charge in [-0.25, -0.2) is 17.8 Å². The summed E-state index contributed by atoms with van der Waals surface area (Å²) in [7, 11) is -3.58. The molecule has 1 aliphatic rings. The first-order valence-corrected chi connectivity index (χ1v) is 12.8. The van der Waals surface area contributed by atoms with Crippen LogP contribution in [0.4, 0.5) is 0 Å². The third-order valence-electron chi connectivity index (χ3n) is 5.79. The first-order valence-electron chi connectivity index (χ1n) is 11.0. The lowest BCUT2D eigenvalue weighted by Gasteiger charge is -2.32. The van der Waals surface area contributed by atoms with Crippen molar-refractivity contribution < 1.29 is 13.2 Å². The summed E-state index contributed by atoms with van der Waals surface area (Å²) in [5, 5.41) is 5.08. The predicted molar refractivity (Wildman–Crippen MR) is 128 cm³/mol. The van der Waals surface area contributed by atoms with E-state index in [1.54, 1.807) is 52.2 Å². The van der Waals surface area contributed by atoms with E-state index in [2.05, 4.69) is 9.82 Å². The van der Waals surface area contributed by atoms with Crippen molar-refractivity contribution in [2.75, 3.05) is 13.1 Å². The van der Waals surface area contributed by atoms with Gasteiger partial charge in [-0.2, -0.15) is 5.10 Å². The lowest BCUT2D eigenvalue weighted by atomic mass is 10.0. The second-order valence-corrected chi connectivity index (χ2v) is 10.6. The normalized spacial score (nSPS) is 15.2. The number of sulfonamides is 1. The molecule has 1 N–H and O–H groups in total. The van der Waals surface area contributed by atoms with Gasteiger partial charge < -0.3 is 4.90 Å². The summed E-state index contributed by atoms with van der Waals surface area (Å²) in [6.07, 6.45) is 2.72. The molecule has 1 amide bonds. The first-order chi connectivity index (χ1) is 15.8. The molecule has 33 heavy (non-hydrogen) atoms. The van der Waals surface area contributed by atoms with Gasteiger partial charge in [0.2, 0.25) is 10.0 Å². The Morgan fingerprint density at radius 2 is 1.79 bits per heavy atom. The maximum atomic E-state index is 13.4. The van der Waals surface area contributed by atoms with Gasteiger partial charge in [0.05, 0.1) is 28.0 Å². The van der Waals surface area contributed by atoms with Gasteiger partial charge in [-0.15, -0.1) is 0 Å². The number of amides is 1. The third-order valence-corrected chi connectivity index (χ3v) is 7.57. The molecule has 3 aromatic rings. The maximum absolute atomic E-state index is 13.4. The number of nitrogens with one attached hydrogen (secondary N) is 1. The molecular weight excluding hydrogens is 460 g/mol. The highest BCUT2D eigenvalue weighted by molar-refractivity contribution is 7.89. The second kappa shape index (κ2) is 9.67. The van der Waals surface area contributed by atoms with E-state index in [-0.39, 0.29) is 22.8 Å². The number of carbonyl (C=O) groups is 1. The smallest absolute Gasteiger partial charge is 0.257 e. The molecule has 2 heterocycles. The number of piperidine rings is 1. The van der Waals surface area contributed by atoms with Gasteiger partial charge in [0.15, 0.2) is 0 Å². The van der Waals surface area contributed by atoms with Crippen molar-refractivity contribution in [1.29, 1.82) is 0 Å². The molecule has 9 heteroatoms. The van der Waals surface area contributed by atoms with E-state index >= 15 is 0 Å². The lowest BCUT2D eigenvalue weighted by Crippen LogP contribution is -2.46. The number of hydrogen-bond donors (Lipinski definition) is 1. The Morgan fingerprint density at radius 3 is 2.42 bits per heavy atom. The van der Waals surface area contributed by atoms with Gasteiger partial charge in [0, 0.05) is 24.2 Å². The molecule has 1 aromatic heterocycles. The molecule has 0 radical (unpaired) electrons. The fourth-order valence-electron chi connectivity index (χ4n) is 4.15. The summed E-state index contributed by atoms with van der Waals surface area (Å²) < 4.78 is 29.8. The van der Waals surface area contributed by atoms with E-state index in [0.717, 1.165) is 11.4 Å². The summed E-state index contributed by atoms with van der Waals surface area (Å²) in [5.41, 5.74) is 2.20. The van der Waals surface area contributed by atoms with Gasteiger partial charge in [-0.05, 0) is 49.1 Å². The van der Waals surface area contributed by atoms with Gasteiger partial charge in [-0.1, -0.05) is 49.7 Å². The minimum Gasteiger partial charge on any atom is -0.338 e. The van der Waals surface area contributed by atoms with E-state index in [1.807, 2.05) is 32.0 Å². The number of rotatable bonds is 6. The summed E-state index contributed by atoms with van der Waals surface area (Å²) in [6.45, 7) is 5.00. The van der Waals surface area contributed by atoms with Crippen LogP contribution in [0.15, 0.2) is 65.7 Å². The van der Waals surface area contributed by atoms with Gasteiger partial charge in [0.25, 0.3) is 5.91 Å². The molecule has 1 fully saturated rings. The van der Waals surface area contributed by atoms with Crippen molar-refractivity contribution in [1.82, 2.24) is 19.4 Å². The Balaban J connectivity index is 1.47. The summed E-state index contributed by atoms with van der Waals surface area (Å²) in [6, 6.07) is 15.5. The van der Waals surface area contributed by atoms with Crippen LogP contribution in [0.25, 0.3) is 5.69 Å². The summed E-state index contributed by atoms with van der Waals surface area (Å²) in [4.78, 5) is 15.4. The van der Waals surface area contributed by atoms with Crippen LogP contribution in [0.1, 0.15) is 48.7 Å². The Hall–Kier alpha value is -2.68. The molecule has 0 aliphatic carbocycles. The molecule has 7 nitrogen and oxygen atoms in total. The van der Waals surface area contributed by atoms with Crippen LogP contribution >= 0.6 is 11.6 Å². The Bertz CT molecular complexity index is 1230. The van der Waals surface area contributed by atoms with Gasteiger partial charge in [0.1, 0.15) is 0 Å². The third kappa shape index (κ3) is 5.13. The largest absolute Gasteiger partial charge is 0.338 e. The molecule has 1 saturated heterocycles. The number of aromatic nitrogens is 2. The first kappa shape index (κ1) is 23.5. The molecule has 0 saturated carbocycles. The van der Waals surface area contributed by atoms with E-state index in [4.69, 9.17) is 11.6 Å². The fraction of sp³-hybridized carbons (Fsp3) is 0.333. The maximum Gasteiger partial charge on any atom is 0.257 e. The quantitative estimate of drug-likeness (QED) is 0.565. The minimum absolute atomic E-state index is 0.0700. The van der Waals surface area contributed by atoms with Crippen LogP contribution in [-0.4, -0.2) is 48.1 Å². The Kier molecular flexibility index (Phi) is 6.88. The SMILES string of the molecule is CC(C)c1c(C(=O)N2CCC(NS(=O)(=O)c3ccccc3)CC2)cnn1-c1cccc(Cl)c1. The lowest BCUT2D eigenvalue weighted by molar-refractivity contribution is 0.0709. The molecule has 0 bridgehead atoms. The summed E-state index contributed by atoms with van der Waals surface area (Å²) in [5.74, 6) is -0.0167. The van der Waals surface area contributed by atoms with Crippen LogP contribution in [0, 0.1) is 0 Å². The van der Waals surface area contributed by atoms with Crippen molar-refractivity contribution in [2.24, 2.45) is 0 Å². The minimum atomic E-state index is -3.58. The second-order valence-electron chi connectivity index (χ2n) is 8.49. The van der Waals surface area contributed by atoms with E-state index in [0.29, 0.717) is 36.5 Å². The van der Waals surface area contributed by atoms with Crippen molar-refractivity contribution in [3.63, 3.8) is 0 Å². The molecular formula is C24H27ClN4O3S. The highest BCUT2D eigenvalue weighted by atomic mass is 35.5. The number of benzene rings is 2. The number of nitrogens with zero attached hydrogens (tertiary/aromatic N) is 3. The van der Waals surface area contributed by atoms with E-state index in [9.17, 15) is 13.2 Å². The molecule has 174 valence electrons. The molecule has 0 atom stereocenters. The van der Waals surface area contributed by atoms with Crippen LogP contribution < -0.4 is 4.72 Å². The highest BCUT2D eigenvalue weighted by Crippen LogP contribution is 2.26. The average Bonchev–Trinajstić information content (AvgIpc) is 3.25. The Morgan fingerprint density at radius 1 is 1.09 bits per heavy atom. The van der Waals surface area contributed by atoms with Crippen molar-refractivity contribution in [3.8, 4) is 5.69 Å². The number of halogens is 1. The van der Waals surface area contributed by atoms with Crippen LogP contribution in [0.5, 0.6) is 0 Å². The zero-order valence-corrected chi connectivity index (χ0v) is 20.2. The standard InChI is InChI=1S/C24H27ClN4O3S/c1-17(2)23-22(16-26-29(23)20-8-6-7-18(25)15-20)24(30)28-13-11-19(12-14-28)27-33(31,32)21-9-4-3-5-10-21/h3-10,15-17,19,27H,11-14H2,1-2H3. The van der Waals surface area contributed by atoms with Crippen molar-refractivity contribution in [2.45, 2.75) is 43.5 Å². The van der Waals surface area contributed by atoms with Gasteiger partial charge in [-0.3, -0.25) is 4.79 Å². The highest BCUT2D eigenvalue weighted by Gasteiger charge is 2.30. The van der Waals surface area contributed by atoms with Crippen molar-refractivity contribution >= 4 is 27.5 Å². The predicted octanol–water partition coefficient (Wildman–Crippen LogP) is 4.23. The zero-order valence-electron chi connectivity index (χ0n) is 18.6. The number of hydrogen-bond acceptors (Lipinski definition) is 4. The van der Waals surface area contributed by atoms with Crippen LogP contribution in [0.3, 0.4) is 0 Å². The van der Waals surface area contributed by atoms with Crippen molar-refractivity contribution in [3.05, 3.63) is 77.1 Å². The zero-order chi connectivity index (χ0) is 23.6. The number of likely N-dealkylation sites (tertiary alicyclic amines) is 1. The molecule has 0 spiro atoms. The fourth-order valence-corrected chi connectivity index (χ4v) is 5.66. The molecule has 4 rings (SSSR count). The number of carbonyl (C=O) groups excluding carboxylic acids is 1. The molecule has 2 aromatic carbocycles. The van der Waals surface area contributed by atoms with Crippen LogP contribution in [-0.2, 0) is 10.0 Å². The molecule has 1 aliphatic heterocycles. The average molecular weight is 487 g/mol. The van der Waals surface area contributed by atoms with E-state index in [1.165, 1.54) is 0 Å². The monoisotopic (exact) mass is 486 g/mol. The molecule has 0 unspecified atom stereocenters. The Labute approximate surface area is 199 Å².